The molecule has 2 aliphatic carbocycles. The van der Waals surface area contributed by atoms with Gasteiger partial charge in [-0.15, -0.1) is 0 Å². The van der Waals surface area contributed by atoms with Crippen LogP contribution in [0, 0.1) is 23.7 Å². The van der Waals surface area contributed by atoms with Crippen LogP contribution in [0.1, 0.15) is 11.1 Å². The minimum atomic E-state index is -0.371. The second kappa shape index (κ2) is 5.28. The van der Waals surface area contributed by atoms with Crippen LogP contribution in [0.25, 0.3) is 5.57 Å². The van der Waals surface area contributed by atoms with E-state index in [1.807, 2.05) is 36.4 Å². The number of allylic oxidation sites excluding steroid dienone is 3. The van der Waals surface area contributed by atoms with Crippen LogP contribution in [-0.2, 0) is 14.3 Å². The number of esters is 2. The van der Waals surface area contributed by atoms with Crippen LogP contribution >= 0.6 is 0 Å². The van der Waals surface area contributed by atoms with Crippen LogP contribution in [0.4, 0.5) is 0 Å². The number of fused-ring (bicyclic) bond motifs is 5. The lowest BCUT2D eigenvalue weighted by molar-refractivity contribution is -0.154. The van der Waals surface area contributed by atoms with Gasteiger partial charge in [0.1, 0.15) is 0 Å². The van der Waals surface area contributed by atoms with Gasteiger partial charge in [-0.1, -0.05) is 72.8 Å². The zero-order valence-corrected chi connectivity index (χ0v) is 13.5. The lowest BCUT2D eigenvalue weighted by atomic mass is 9.85. The maximum Gasteiger partial charge on any atom is 0.318 e. The fraction of sp³-hybridized carbons (Fsp3) is 0.182. The van der Waals surface area contributed by atoms with Gasteiger partial charge in [-0.3, -0.25) is 9.59 Å². The van der Waals surface area contributed by atoms with E-state index < -0.39 is 0 Å². The zero-order valence-electron chi connectivity index (χ0n) is 13.5. The quantitative estimate of drug-likeness (QED) is 0.480. The molecule has 1 saturated carbocycles. The van der Waals surface area contributed by atoms with Crippen molar-refractivity contribution in [3.8, 4) is 0 Å². The van der Waals surface area contributed by atoms with Crippen LogP contribution in [0.5, 0.6) is 0 Å². The fourth-order valence-electron chi connectivity index (χ4n) is 4.61. The van der Waals surface area contributed by atoms with Crippen molar-refractivity contribution in [1.29, 1.82) is 0 Å². The highest BCUT2D eigenvalue weighted by atomic mass is 16.6. The summed E-state index contributed by atoms with van der Waals surface area (Å²) < 4.78 is 4.91. The molecule has 2 aromatic rings. The van der Waals surface area contributed by atoms with Gasteiger partial charge in [-0.2, -0.15) is 0 Å². The lowest BCUT2D eigenvalue weighted by Gasteiger charge is -2.18. The lowest BCUT2D eigenvalue weighted by Crippen LogP contribution is -2.21. The highest BCUT2D eigenvalue weighted by molar-refractivity contribution is 6.00. The predicted molar refractivity (Wildman–Crippen MR) is 93.1 cm³/mol. The summed E-state index contributed by atoms with van der Waals surface area (Å²) in [5.74, 6) is -1.57. The Hall–Kier alpha value is -2.94. The second-order valence-corrected chi connectivity index (χ2v) is 6.79. The smallest absolute Gasteiger partial charge is 0.318 e. The van der Waals surface area contributed by atoms with E-state index in [1.165, 1.54) is 5.57 Å². The second-order valence-electron chi connectivity index (χ2n) is 6.79. The SMILES string of the molecule is O=C1OC(=O)[C@H]2[C@@H]1[C@H]1C=C[C@@H]2C1=C(c1ccccc1)c1ccccc1. The maximum atomic E-state index is 12.2. The molecule has 4 atom stereocenters. The van der Waals surface area contributed by atoms with Crippen molar-refractivity contribution >= 4 is 17.5 Å². The fourth-order valence-corrected chi connectivity index (χ4v) is 4.61. The van der Waals surface area contributed by atoms with Crippen LogP contribution in [0.3, 0.4) is 0 Å². The first kappa shape index (κ1) is 14.4. The number of hydrogen-bond donors (Lipinski definition) is 0. The van der Waals surface area contributed by atoms with Gasteiger partial charge in [-0.25, -0.2) is 0 Å². The topological polar surface area (TPSA) is 43.4 Å². The molecule has 3 nitrogen and oxygen atoms in total. The van der Waals surface area contributed by atoms with Gasteiger partial charge in [0.05, 0.1) is 11.8 Å². The number of ether oxygens (including phenoxy) is 1. The molecule has 0 aromatic heterocycles. The molecule has 2 bridgehead atoms. The van der Waals surface area contributed by atoms with Crippen molar-refractivity contribution in [3.63, 3.8) is 0 Å². The van der Waals surface area contributed by atoms with E-state index in [0.717, 1.165) is 16.7 Å². The number of hydrogen-bond acceptors (Lipinski definition) is 3. The molecule has 1 saturated heterocycles. The van der Waals surface area contributed by atoms with Crippen molar-refractivity contribution in [2.24, 2.45) is 23.7 Å². The van der Waals surface area contributed by atoms with Gasteiger partial charge in [0, 0.05) is 11.8 Å². The maximum absolute atomic E-state index is 12.2. The van der Waals surface area contributed by atoms with Crippen molar-refractivity contribution in [2.45, 2.75) is 0 Å². The van der Waals surface area contributed by atoms with E-state index in [9.17, 15) is 9.59 Å². The Labute approximate surface area is 145 Å². The van der Waals surface area contributed by atoms with E-state index in [2.05, 4.69) is 36.4 Å². The Balaban J connectivity index is 1.75. The van der Waals surface area contributed by atoms with Crippen LogP contribution in [-0.4, -0.2) is 11.9 Å². The first-order valence-electron chi connectivity index (χ1n) is 8.54. The van der Waals surface area contributed by atoms with E-state index in [4.69, 9.17) is 4.74 Å². The van der Waals surface area contributed by atoms with Crippen LogP contribution < -0.4 is 0 Å². The van der Waals surface area contributed by atoms with E-state index >= 15 is 0 Å². The van der Waals surface area contributed by atoms with Crippen molar-refractivity contribution < 1.29 is 14.3 Å². The first-order chi connectivity index (χ1) is 12.3. The van der Waals surface area contributed by atoms with Gasteiger partial charge in [-0.05, 0) is 22.3 Å². The molecule has 1 aliphatic heterocycles. The molecule has 0 unspecified atom stereocenters. The highest BCUT2D eigenvalue weighted by Gasteiger charge is 2.61. The molecule has 3 aliphatic rings. The summed E-state index contributed by atoms with van der Waals surface area (Å²) in [5, 5.41) is 0. The molecular formula is C22H16O3. The van der Waals surface area contributed by atoms with Gasteiger partial charge < -0.3 is 4.74 Å². The normalized spacial score (nSPS) is 29.0. The molecule has 0 radical (unpaired) electrons. The highest BCUT2D eigenvalue weighted by Crippen LogP contribution is 2.57. The minimum absolute atomic E-state index is 0.0515. The zero-order chi connectivity index (χ0) is 17.0. The summed E-state index contributed by atoms with van der Waals surface area (Å²) in [4.78, 5) is 24.4. The Bertz CT molecular complexity index is 851. The molecular weight excluding hydrogens is 312 g/mol. The Morgan fingerprint density at radius 2 is 1.12 bits per heavy atom. The summed E-state index contributed by atoms with van der Waals surface area (Å²) in [6, 6.07) is 20.4. The van der Waals surface area contributed by atoms with Gasteiger partial charge in [0.15, 0.2) is 0 Å². The number of carbonyl (C=O) groups excluding carboxylic acids is 2. The molecule has 2 fully saturated rings. The summed E-state index contributed by atoms with van der Waals surface area (Å²) in [6.45, 7) is 0. The third kappa shape index (κ3) is 1.99. The van der Waals surface area contributed by atoms with Gasteiger partial charge in [0.2, 0.25) is 0 Å². The summed E-state index contributed by atoms with van der Waals surface area (Å²) >= 11 is 0. The minimum Gasteiger partial charge on any atom is -0.393 e. The molecule has 2 aromatic carbocycles. The van der Waals surface area contributed by atoms with E-state index in [1.54, 1.807) is 0 Å². The molecule has 25 heavy (non-hydrogen) atoms. The molecule has 3 heteroatoms. The standard InChI is InChI=1S/C22H16O3/c23-21-19-15-11-12-16(20(19)22(24)25-21)18(15)17(13-7-3-1-4-8-13)14-9-5-2-6-10-14/h1-12,15-16,19-20H/t15-,16+,19-,20+. The third-order valence-corrected chi connectivity index (χ3v) is 5.56. The molecule has 1 heterocycles. The first-order valence-corrected chi connectivity index (χ1v) is 8.54. The predicted octanol–water partition coefficient (Wildman–Crippen LogP) is 3.62. The monoisotopic (exact) mass is 328 g/mol. The van der Waals surface area contributed by atoms with Crippen molar-refractivity contribution in [2.75, 3.05) is 0 Å². The average Bonchev–Trinajstić information content (AvgIpc) is 3.29. The van der Waals surface area contributed by atoms with E-state index in [0.29, 0.717) is 0 Å². The third-order valence-electron chi connectivity index (χ3n) is 5.56. The van der Waals surface area contributed by atoms with Crippen molar-refractivity contribution in [1.82, 2.24) is 0 Å². The molecule has 0 amide bonds. The molecule has 0 N–H and O–H groups in total. The summed E-state index contributed by atoms with van der Waals surface area (Å²) in [5.41, 5.74) is 4.54. The largest absolute Gasteiger partial charge is 0.393 e. The Morgan fingerprint density at radius 3 is 1.56 bits per heavy atom. The number of benzene rings is 2. The van der Waals surface area contributed by atoms with Crippen LogP contribution in [0.15, 0.2) is 78.4 Å². The Kier molecular flexibility index (Phi) is 3.04. The Morgan fingerprint density at radius 1 is 0.680 bits per heavy atom. The number of cyclic esters (lactones) is 2. The van der Waals surface area contributed by atoms with Gasteiger partial charge in [0.25, 0.3) is 0 Å². The number of rotatable bonds is 2. The molecule has 122 valence electrons. The van der Waals surface area contributed by atoms with Crippen LogP contribution in [0.2, 0.25) is 0 Å². The summed E-state index contributed by atoms with van der Waals surface area (Å²) in [6.07, 6.45) is 4.15. The average molecular weight is 328 g/mol. The van der Waals surface area contributed by atoms with Gasteiger partial charge >= 0.3 is 11.9 Å². The van der Waals surface area contributed by atoms with Crippen molar-refractivity contribution in [3.05, 3.63) is 89.5 Å². The summed E-state index contributed by atoms with van der Waals surface area (Å²) in [7, 11) is 0. The van der Waals surface area contributed by atoms with E-state index in [-0.39, 0.29) is 35.6 Å². The number of carbonyl (C=O) groups is 2. The molecule has 0 spiro atoms. The molecule has 5 rings (SSSR count).